The Balaban J connectivity index is 2.01. The zero-order chi connectivity index (χ0) is 21.2. The van der Waals surface area contributed by atoms with Gasteiger partial charge in [0.1, 0.15) is 0 Å². The van der Waals surface area contributed by atoms with E-state index in [2.05, 4.69) is 10.6 Å². The van der Waals surface area contributed by atoms with Crippen molar-refractivity contribution in [1.29, 1.82) is 0 Å². The summed E-state index contributed by atoms with van der Waals surface area (Å²) in [5, 5.41) is 4.99. The second-order valence-electron chi connectivity index (χ2n) is 5.73. The van der Waals surface area contributed by atoms with Gasteiger partial charge in [-0.05, 0) is 57.2 Å². The van der Waals surface area contributed by atoms with Crippen molar-refractivity contribution >= 4 is 29.2 Å². The van der Waals surface area contributed by atoms with Crippen LogP contribution in [-0.4, -0.2) is 37.6 Å². The smallest absolute Gasteiger partial charge is 0.338 e. The average molecular weight is 400 g/mol. The van der Waals surface area contributed by atoms with E-state index in [-0.39, 0.29) is 6.61 Å². The number of hydrogen-bond acceptors (Lipinski definition) is 6. The molecule has 8 nitrogen and oxygen atoms in total. The molecule has 0 aliphatic heterocycles. The molecule has 0 saturated heterocycles. The SMILES string of the molecule is CCOC(=O)c1ccc(NC(=O)C(=O)Nc2ccc(OCC)c(OCC)c2)cc1. The molecule has 0 atom stereocenters. The molecular formula is C21H24N2O6. The molecule has 0 aliphatic rings. The van der Waals surface area contributed by atoms with Crippen LogP contribution in [0.25, 0.3) is 0 Å². The normalized spacial score (nSPS) is 10.0. The molecule has 0 fully saturated rings. The molecule has 0 heterocycles. The number of nitrogens with one attached hydrogen (secondary N) is 2. The third-order valence-corrected chi connectivity index (χ3v) is 3.66. The van der Waals surface area contributed by atoms with Crippen molar-refractivity contribution in [2.75, 3.05) is 30.5 Å². The lowest BCUT2D eigenvalue weighted by Gasteiger charge is -2.13. The molecule has 0 aliphatic carbocycles. The second-order valence-corrected chi connectivity index (χ2v) is 5.73. The van der Waals surface area contributed by atoms with E-state index in [0.717, 1.165) is 0 Å². The lowest BCUT2D eigenvalue weighted by Crippen LogP contribution is -2.29. The number of benzene rings is 2. The molecule has 0 saturated carbocycles. The molecular weight excluding hydrogens is 376 g/mol. The van der Waals surface area contributed by atoms with Gasteiger partial charge >= 0.3 is 17.8 Å². The minimum absolute atomic E-state index is 0.272. The summed E-state index contributed by atoms with van der Waals surface area (Å²) < 4.78 is 15.9. The summed E-state index contributed by atoms with van der Waals surface area (Å²) in [5.74, 6) is -1.11. The number of hydrogen-bond donors (Lipinski definition) is 2. The molecule has 154 valence electrons. The first-order chi connectivity index (χ1) is 14.0. The van der Waals surface area contributed by atoms with Gasteiger partial charge in [0.15, 0.2) is 11.5 Å². The van der Waals surface area contributed by atoms with Gasteiger partial charge in [0, 0.05) is 17.4 Å². The lowest BCUT2D eigenvalue weighted by molar-refractivity contribution is -0.132. The van der Waals surface area contributed by atoms with E-state index >= 15 is 0 Å². The van der Waals surface area contributed by atoms with Crippen molar-refractivity contribution in [2.45, 2.75) is 20.8 Å². The Hall–Kier alpha value is -3.55. The number of carbonyl (C=O) groups is 3. The van der Waals surface area contributed by atoms with Gasteiger partial charge in [0.2, 0.25) is 0 Å². The fourth-order valence-corrected chi connectivity index (χ4v) is 2.41. The standard InChI is InChI=1S/C21H24N2O6/c1-4-27-17-12-11-16(13-18(17)28-5-2)23-20(25)19(24)22-15-9-7-14(8-10-15)21(26)29-6-3/h7-13H,4-6H2,1-3H3,(H,22,24)(H,23,25). The molecule has 0 spiro atoms. The van der Waals surface area contributed by atoms with Crippen molar-refractivity contribution in [1.82, 2.24) is 0 Å². The Morgan fingerprint density at radius 1 is 0.724 bits per heavy atom. The minimum Gasteiger partial charge on any atom is -0.490 e. The third kappa shape index (κ3) is 6.24. The van der Waals surface area contributed by atoms with Crippen LogP contribution >= 0.6 is 0 Å². The largest absolute Gasteiger partial charge is 0.490 e. The van der Waals surface area contributed by atoms with Crippen molar-refractivity contribution in [3.05, 3.63) is 48.0 Å². The Bertz CT molecular complexity index is 864. The highest BCUT2D eigenvalue weighted by Crippen LogP contribution is 2.30. The number of esters is 1. The predicted molar refractivity (Wildman–Crippen MR) is 108 cm³/mol. The van der Waals surface area contributed by atoms with E-state index in [1.807, 2.05) is 13.8 Å². The number of carbonyl (C=O) groups excluding carboxylic acids is 3. The summed E-state index contributed by atoms with van der Waals surface area (Å²) in [6.07, 6.45) is 0. The van der Waals surface area contributed by atoms with E-state index in [0.29, 0.717) is 41.7 Å². The van der Waals surface area contributed by atoms with Crippen LogP contribution in [-0.2, 0) is 14.3 Å². The summed E-state index contributed by atoms with van der Waals surface area (Å²) in [6, 6.07) is 10.9. The molecule has 2 aromatic rings. The van der Waals surface area contributed by atoms with E-state index in [1.165, 1.54) is 24.3 Å². The van der Waals surface area contributed by atoms with Crippen molar-refractivity contribution < 1.29 is 28.6 Å². The molecule has 0 unspecified atom stereocenters. The van der Waals surface area contributed by atoms with E-state index in [4.69, 9.17) is 14.2 Å². The van der Waals surface area contributed by atoms with E-state index in [9.17, 15) is 14.4 Å². The molecule has 2 rings (SSSR count). The first-order valence-corrected chi connectivity index (χ1v) is 9.27. The van der Waals surface area contributed by atoms with Crippen LogP contribution in [0.1, 0.15) is 31.1 Å². The second kappa shape index (κ2) is 10.7. The average Bonchev–Trinajstić information content (AvgIpc) is 2.71. The van der Waals surface area contributed by atoms with Crippen molar-refractivity contribution in [3.8, 4) is 11.5 Å². The number of ether oxygens (including phenoxy) is 3. The van der Waals surface area contributed by atoms with Crippen LogP contribution in [0.2, 0.25) is 0 Å². The van der Waals surface area contributed by atoms with Crippen molar-refractivity contribution in [2.24, 2.45) is 0 Å². The lowest BCUT2D eigenvalue weighted by atomic mass is 10.2. The zero-order valence-electron chi connectivity index (χ0n) is 16.6. The first kappa shape index (κ1) is 21.7. The summed E-state index contributed by atoms with van der Waals surface area (Å²) >= 11 is 0. The molecule has 2 N–H and O–H groups in total. The summed E-state index contributed by atoms with van der Waals surface area (Å²) in [6.45, 7) is 6.58. The molecule has 0 bridgehead atoms. The predicted octanol–water partition coefficient (Wildman–Crippen LogP) is 3.24. The number of anilines is 2. The summed E-state index contributed by atoms with van der Waals surface area (Å²) in [4.78, 5) is 36.0. The Kier molecular flexibility index (Phi) is 8.02. The van der Waals surface area contributed by atoms with Gasteiger partial charge in [-0.1, -0.05) is 0 Å². The minimum atomic E-state index is -0.847. The maximum atomic E-state index is 12.2. The van der Waals surface area contributed by atoms with Gasteiger partial charge in [-0.3, -0.25) is 9.59 Å². The maximum Gasteiger partial charge on any atom is 0.338 e. The number of rotatable bonds is 8. The van der Waals surface area contributed by atoms with Crippen molar-refractivity contribution in [3.63, 3.8) is 0 Å². The molecule has 8 heteroatoms. The molecule has 2 amide bonds. The van der Waals surface area contributed by atoms with Crippen LogP contribution in [0, 0.1) is 0 Å². The van der Waals surface area contributed by atoms with Gasteiger partial charge in [-0.2, -0.15) is 0 Å². The summed E-state index contributed by atoms with van der Waals surface area (Å²) in [7, 11) is 0. The molecule has 0 aromatic heterocycles. The highest BCUT2D eigenvalue weighted by molar-refractivity contribution is 6.43. The number of amides is 2. The fraction of sp³-hybridized carbons (Fsp3) is 0.286. The molecule has 29 heavy (non-hydrogen) atoms. The maximum absolute atomic E-state index is 12.2. The monoisotopic (exact) mass is 400 g/mol. The van der Waals surface area contributed by atoms with Gasteiger partial charge in [0.25, 0.3) is 0 Å². The van der Waals surface area contributed by atoms with E-state index < -0.39 is 17.8 Å². The highest BCUT2D eigenvalue weighted by Gasteiger charge is 2.16. The third-order valence-electron chi connectivity index (χ3n) is 3.66. The van der Waals surface area contributed by atoms with Crippen LogP contribution in [0.5, 0.6) is 11.5 Å². The van der Waals surface area contributed by atoms with Gasteiger partial charge in [-0.25, -0.2) is 4.79 Å². The molecule has 2 aromatic carbocycles. The molecule has 0 radical (unpaired) electrons. The highest BCUT2D eigenvalue weighted by atomic mass is 16.5. The Morgan fingerprint density at radius 2 is 1.28 bits per heavy atom. The van der Waals surface area contributed by atoms with Gasteiger partial charge < -0.3 is 24.8 Å². The quantitative estimate of drug-likeness (QED) is 0.521. The van der Waals surface area contributed by atoms with E-state index in [1.54, 1.807) is 25.1 Å². The van der Waals surface area contributed by atoms with Crippen LogP contribution < -0.4 is 20.1 Å². The Labute approximate surface area is 169 Å². The zero-order valence-corrected chi connectivity index (χ0v) is 16.6. The van der Waals surface area contributed by atoms with Crippen LogP contribution in [0.3, 0.4) is 0 Å². The van der Waals surface area contributed by atoms with Gasteiger partial charge in [-0.15, -0.1) is 0 Å². The Morgan fingerprint density at radius 3 is 1.86 bits per heavy atom. The van der Waals surface area contributed by atoms with Gasteiger partial charge in [0.05, 0.1) is 25.4 Å². The fourth-order valence-electron chi connectivity index (χ4n) is 2.41. The summed E-state index contributed by atoms with van der Waals surface area (Å²) in [5.41, 5.74) is 1.13. The van der Waals surface area contributed by atoms with Crippen LogP contribution in [0.4, 0.5) is 11.4 Å². The topological polar surface area (TPSA) is 103 Å². The first-order valence-electron chi connectivity index (χ1n) is 9.27. The van der Waals surface area contributed by atoms with Crippen LogP contribution in [0.15, 0.2) is 42.5 Å².